The second-order valence-electron chi connectivity index (χ2n) is 7.02. The van der Waals surface area contributed by atoms with Crippen molar-refractivity contribution in [1.29, 1.82) is 0 Å². The van der Waals surface area contributed by atoms with Crippen LogP contribution in [-0.2, 0) is 29.0 Å². The molecule has 0 bridgehead atoms. The summed E-state index contributed by atoms with van der Waals surface area (Å²) in [5.74, 6) is 0.0390. The SMILES string of the molecule is O=C(Cc1c[nH]c2ccccc12)NCc1ccc(CN2CCOCC2)cc1. The summed E-state index contributed by atoms with van der Waals surface area (Å²) in [4.78, 5) is 17.9. The summed E-state index contributed by atoms with van der Waals surface area (Å²) in [6.45, 7) is 5.13. The summed E-state index contributed by atoms with van der Waals surface area (Å²) in [5.41, 5.74) is 4.51. The average Bonchev–Trinajstić information content (AvgIpc) is 3.11. The molecule has 2 heterocycles. The van der Waals surface area contributed by atoms with Crippen molar-refractivity contribution in [2.45, 2.75) is 19.5 Å². The fourth-order valence-corrected chi connectivity index (χ4v) is 3.49. The first-order chi connectivity index (χ1) is 13.3. The van der Waals surface area contributed by atoms with Gasteiger partial charge in [0.05, 0.1) is 19.6 Å². The second-order valence-corrected chi connectivity index (χ2v) is 7.02. The molecular formula is C22H25N3O2. The number of ether oxygens (including phenoxy) is 1. The number of amides is 1. The van der Waals surface area contributed by atoms with Crippen LogP contribution in [0.25, 0.3) is 10.9 Å². The summed E-state index contributed by atoms with van der Waals surface area (Å²) in [6.07, 6.45) is 2.31. The van der Waals surface area contributed by atoms with Crippen molar-refractivity contribution in [2.24, 2.45) is 0 Å². The van der Waals surface area contributed by atoms with Crippen LogP contribution in [0.3, 0.4) is 0 Å². The Kier molecular flexibility index (Phi) is 5.51. The Morgan fingerprint density at radius 1 is 1.04 bits per heavy atom. The molecule has 1 aromatic heterocycles. The van der Waals surface area contributed by atoms with E-state index in [2.05, 4.69) is 39.5 Å². The molecule has 0 saturated carbocycles. The van der Waals surface area contributed by atoms with Crippen LogP contribution in [0.2, 0.25) is 0 Å². The number of aromatic amines is 1. The van der Waals surface area contributed by atoms with Gasteiger partial charge in [0, 0.05) is 43.3 Å². The third-order valence-electron chi connectivity index (χ3n) is 5.05. The molecule has 0 atom stereocenters. The molecule has 1 fully saturated rings. The summed E-state index contributed by atoms with van der Waals surface area (Å²) >= 11 is 0. The number of nitrogens with zero attached hydrogens (tertiary/aromatic N) is 1. The van der Waals surface area contributed by atoms with E-state index in [1.54, 1.807) is 0 Å². The zero-order valence-electron chi connectivity index (χ0n) is 15.4. The van der Waals surface area contributed by atoms with E-state index in [0.717, 1.165) is 54.9 Å². The van der Waals surface area contributed by atoms with Crippen LogP contribution in [0.1, 0.15) is 16.7 Å². The number of para-hydroxylation sites is 1. The molecule has 140 valence electrons. The van der Waals surface area contributed by atoms with Gasteiger partial charge in [-0.1, -0.05) is 42.5 Å². The van der Waals surface area contributed by atoms with Crippen LogP contribution in [0.5, 0.6) is 0 Å². The van der Waals surface area contributed by atoms with E-state index in [-0.39, 0.29) is 5.91 Å². The number of aromatic nitrogens is 1. The first kappa shape index (κ1) is 17.8. The van der Waals surface area contributed by atoms with E-state index >= 15 is 0 Å². The van der Waals surface area contributed by atoms with E-state index in [1.165, 1.54) is 5.56 Å². The number of carbonyl (C=O) groups excluding carboxylic acids is 1. The minimum atomic E-state index is 0.0390. The van der Waals surface area contributed by atoms with Crippen LogP contribution in [0.15, 0.2) is 54.7 Å². The molecule has 2 N–H and O–H groups in total. The summed E-state index contributed by atoms with van der Waals surface area (Å²) < 4.78 is 5.39. The van der Waals surface area contributed by atoms with Crippen LogP contribution in [0.4, 0.5) is 0 Å². The molecule has 1 aliphatic heterocycles. The van der Waals surface area contributed by atoms with Gasteiger partial charge in [0.25, 0.3) is 0 Å². The van der Waals surface area contributed by atoms with Crippen LogP contribution < -0.4 is 5.32 Å². The third kappa shape index (κ3) is 4.56. The molecule has 1 aliphatic rings. The van der Waals surface area contributed by atoms with E-state index < -0.39 is 0 Å². The molecule has 27 heavy (non-hydrogen) atoms. The monoisotopic (exact) mass is 363 g/mol. The first-order valence-electron chi connectivity index (χ1n) is 9.47. The van der Waals surface area contributed by atoms with E-state index in [0.29, 0.717) is 13.0 Å². The fraction of sp³-hybridized carbons (Fsp3) is 0.318. The molecule has 1 saturated heterocycles. The van der Waals surface area contributed by atoms with Crippen molar-refractivity contribution in [3.05, 3.63) is 71.4 Å². The highest BCUT2D eigenvalue weighted by atomic mass is 16.5. The molecule has 0 radical (unpaired) electrons. The fourth-order valence-electron chi connectivity index (χ4n) is 3.49. The summed E-state index contributed by atoms with van der Waals surface area (Å²) in [6, 6.07) is 16.6. The number of rotatable bonds is 6. The van der Waals surface area contributed by atoms with Gasteiger partial charge in [-0.15, -0.1) is 0 Å². The highest BCUT2D eigenvalue weighted by Gasteiger charge is 2.11. The van der Waals surface area contributed by atoms with Crippen molar-refractivity contribution in [1.82, 2.24) is 15.2 Å². The van der Waals surface area contributed by atoms with Crippen molar-refractivity contribution in [3.8, 4) is 0 Å². The third-order valence-corrected chi connectivity index (χ3v) is 5.05. The Hall–Kier alpha value is -2.63. The zero-order chi connectivity index (χ0) is 18.5. The number of morpholine rings is 1. The molecule has 0 unspecified atom stereocenters. The quantitative estimate of drug-likeness (QED) is 0.708. The molecule has 2 aromatic carbocycles. The Morgan fingerprint density at radius 2 is 1.78 bits per heavy atom. The molecule has 4 rings (SSSR count). The lowest BCUT2D eigenvalue weighted by Gasteiger charge is -2.26. The Balaban J connectivity index is 1.28. The molecule has 3 aromatic rings. The maximum Gasteiger partial charge on any atom is 0.224 e. The van der Waals surface area contributed by atoms with Gasteiger partial charge in [0.1, 0.15) is 0 Å². The van der Waals surface area contributed by atoms with Crippen molar-refractivity contribution >= 4 is 16.8 Å². The molecule has 5 heteroatoms. The van der Waals surface area contributed by atoms with Crippen molar-refractivity contribution in [2.75, 3.05) is 26.3 Å². The lowest BCUT2D eigenvalue weighted by Crippen LogP contribution is -2.35. The van der Waals surface area contributed by atoms with Crippen LogP contribution in [-0.4, -0.2) is 42.1 Å². The van der Waals surface area contributed by atoms with E-state index in [1.807, 2.05) is 30.5 Å². The topological polar surface area (TPSA) is 57.4 Å². The van der Waals surface area contributed by atoms with Crippen LogP contribution >= 0.6 is 0 Å². The Morgan fingerprint density at radius 3 is 2.59 bits per heavy atom. The van der Waals surface area contributed by atoms with Gasteiger partial charge in [0.2, 0.25) is 5.91 Å². The molecule has 0 spiro atoms. The zero-order valence-corrected chi connectivity index (χ0v) is 15.4. The van der Waals surface area contributed by atoms with E-state index in [9.17, 15) is 4.79 Å². The van der Waals surface area contributed by atoms with Crippen molar-refractivity contribution < 1.29 is 9.53 Å². The molecule has 5 nitrogen and oxygen atoms in total. The lowest BCUT2D eigenvalue weighted by atomic mass is 10.1. The second kappa shape index (κ2) is 8.37. The number of benzene rings is 2. The van der Waals surface area contributed by atoms with E-state index in [4.69, 9.17) is 4.74 Å². The number of nitrogens with one attached hydrogen (secondary N) is 2. The molecule has 0 aliphatic carbocycles. The highest BCUT2D eigenvalue weighted by molar-refractivity contribution is 5.88. The average molecular weight is 363 g/mol. The minimum Gasteiger partial charge on any atom is -0.379 e. The summed E-state index contributed by atoms with van der Waals surface area (Å²) in [7, 11) is 0. The van der Waals surface area contributed by atoms with Gasteiger partial charge in [-0.3, -0.25) is 9.69 Å². The summed E-state index contributed by atoms with van der Waals surface area (Å²) in [5, 5.41) is 4.13. The predicted octanol–water partition coefficient (Wildman–Crippen LogP) is 2.86. The van der Waals surface area contributed by atoms with Crippen LogP contribution in [0, 0.1) is 0 Å². The van der Waals surface area contributed by atoms with Gasteiger partial charge >= 0.3 is 0 Å². The van der Waals surface area contributed by atoms with Crippen molar-refractivity contribution in [3.63, 3.8) is 0 Å². The minimum absolute atomic E-state index is 0.0390. The maximum atomic E-state index is 12.3. The number of hydrogen-bond acceptors (Lipinski definition) is 3. The first-order valence-corrected chi connectivity index (χ1v) is 9.47. The smallest absolute Gasteiger partial charge is 0.224 e. The maximum absolute atomic E-state index is 12.3. The van der Waals surface area contributed by atoms with Gasteiger partial charge in [-0.25, -0.2) is 0 Å². The number of carbonyl (C=O) groups is 1. The molecular weight excluding hydrogens is 338 g/mol. The van der Waals surface area contributed by atoms with Gasteiger partial charge in [-0.2, -0.15) is 0 Å². The number of H-pyrrole nitrogens is 1. The normalized spacial score (nSPS) is 15.1. The Labute approximate surface area is 159 Å². The van der Waals surface area contributed by atoms with Gasteiger partial charge in [-0.05, 0) is 22.8 Å². The number of fused-ring (bicyclic) bond motifs is 1. The molecule has 1 amide bonds. The lowest BCUT2D eigenvalue weighted by molar-refractivity contribution is -0.120. The largest absolute Gasteiger partial charge is 0.379 e. The van der Waals surface area contributed by atoms with Gasteiger partial charge < -0.3 is 15.0 Å². The Bertz CT molecular complexity index is 895. The number of hydrogen-bond donors (Lipinski definition) is 2. The standard InChI is InChI=1S/C22H25N3O2/c26-22(13-19-15-23-21-4-2-1-3-20(19)21)24-14-17-5-7-18(8-6-17)16-25-9-11-27-12-10-25/h1-8,15,23H,9-14,16H2,(H,24,26). The highest BCUT2D eigenvalue weighted by Crippen LogP contribution is 2.18. The van der Waals surface area contributed by atoms with Gasteiger partial charge in [0.15, 0.2) is 0 Å². The predicted molar refractivity (Wildman–Crippen MR) is 106 cm³/mol.